The maximum Gasteiger partial charge on any atom is 0.230 e. The first-order valence-electron chi connectivity index (χ1n) is 4.31. The Labute approximate surface area is 88.6 Å². The lowest BCUT2D eigenvalue weighted by Gasteiger charge is -2.17. The molecule has 1 aromatic rings. The van der Waals surface area contributed by atoms with Gasteiger partial charge >= 0.3 is 0 Å². The second kappa shape index (κ2) is 4.42. The molecule has 82 valence electrons. The Morgan fingerprint density at radius 3 is 2.87 bits per heavy atom. The van der Waals surface area contributed by atoms with Gasteiger partial charge in [-0.25, -0.2) is 8.42 Å². The molecule has 1 rings (SSSR count). The summed E-state index contributed by atoms with van der Waals surface area (Å²) in [6, 6.07) is 1.71. The molecule has 0 spiro atoms. The van der Waals surface area contributed by atoms with Crippen LogP contribution in [0.15, 0.2) is 12.4 Å². The quantitative estimate of drug-likeness (QED) is 0.790. The molecule has 6 nitrogen and oxygen atoms in total. The van der Waals surface area contributed by atoms with Crippen LogP contribution in [-0.4, -0.2) is 35.2 Å². The van der Waals surface area contributed by atoms with Crippen LogP contribution in [0.5, 0.6) is 0 Å². The highest BCUT2D eigenvalue weighted by atomic mass is 32.2. The number of nitrogens with zero attached hydrogens (tertiary/aromatic N) is 3. The molecule has 1 N–H and O–H groups in total. The molecule has 1 unspecified atom stereocenters. The van der Waals surface area contributed by atoms with Crippen molar-refractivity contribution in [1.29, 1.82) is 5.26 Å². The number of nitrogens with one attached hydrogen (secondary N) is 1. The molecule has 1 aromatic heterocycles. The molecule has 0 saturated carbocycles. The number of hydrogen-bond acceptors (Lipinski definition) is 4. The van der Waals surface area contributed by atoms with Crippen molar-refractivity contribution in [2.75, 3.05) is 7.05 Å². The van der Waals surface area contributed by atoms with Gasteiger partial charge in [0.05, 0.1) is 12.3 Å². The van der Waals surface area contributed by atoms with Crippen LogP contribution in [0, 0.1) is 11.3 Å². The summed E-state index contributed by atoms with van der Waals surface area (Å²) in [6.45, 7) is 1.58. The van der Waals surface area contributed by atoms with E-state index in [9.17, 15) is 8.42 Å². The number of hydrogen-bond donors (Lipinski definition) is 1. The SMILES string of the molecule is CC(C#N)S(=O)(=O)N(C)Cc1cn[nH]c1. The third kappa shape index (κ3) is 2.55. The van der Waals surface area contributed by atoms with Gasteiger partial charge in [0.15, 0.2) is 5.25 Å². The van der Waals surface area contributed by atoms with E-state index in [4.69, 9.17) is 5.26 Å². The number of sulfonamides is 1. The molecule has 0 bridgehead atoms. The normalized spacial score (nSPS) is 13.7. The highest BCUT2D eigenvalue weighted by molar-refractivity contribution is 7.89. The first kappa shape index (κ1) is 11.7. The van der Waals surface area contributed by atoms with Crippen LogP contribution < -0.4 is 0 Å². The van der Waals surface area contributed by atoms with E-state index in [-0.39, 0.29) is 6.54 Å². The molecule has 1 atom stereocenters. The summed E-state index contributed by atoms with van der Waals surface area (Å²) in [6.07, 6.45) is 3.16. The molecule has 0 amide bonds. The fourth-order valence-electron chi connectivity index (χ4n) is 1.05. The zero-order chi connectivity index (χ0) is 11.5. The highest BCUT2D eigenvalue weighted by Gasteiger charge is 2.25. The Balaban J connectivity index is 2.78. The van der Waals surface area contributed by atoms with Crippen molar-refractivity contribution in [3.63, 3.8) is 0 Å². The lowest BCUT2D eigenvalue weighted by Crippen LogP contribution is -2.33. The first-order chi connectivity index (χ1) is 6.98. The Morgan fingerprint density at radius 1 is 1.73 bits per heavy atom. The van der Waals surface area contributed by atoms with E-state index in [1.54, 1.807) is 18.5 Å². The Hall–Kier alpha value is -1.39. The lowest BCUT2D eigenvalue weighted by molar-refractivity contribution is 0.463. The highest BCUT2D eigenvalue weighted by Crippen LogP contribution is 2.09. The van der Waals surface area contributed by atoms with Crippen molar-refractivity contribution >= 4 is 10.0 Å². The fourth-order valence-corrected chi connectivity index (χ4v) is 2.05. The maximum atomic E-state index is 11.7. The predicted octanol–water partition coefficient (Wildman–Crippen LogP) is 0.0834. The Kier molecular flexibility index (Phi) is 3.44. The summed E-state index contributed by atoms with van der Waals surface area (Å²) < 4.78 is 24.5. The lowest BCUT2D eigenvalue weighted by atomic mass is 10.4. The predicted molar refractivity (Wildman–Crippen MR) is 54.0 cm³/mol. The topological polar surface area (TPSA) is 89.8 Å². The van der Waals surface area contributed by atoms with Gasteiger partial charge in [-0.15, -0.1) is 0 Å². The average Bonchev–Trinajstić information content (AvgIpc) is 2.68. The Morgan fingerprint density at radius 2 is 2.40 bits per heavy atom. The van der Waals surface area contributed by atoms with Gasteiger partial charge in [0, 0.05) is 25.4 Å². The molecule has 1 heterocycles. The largest absolute Gasteiger partial charge is 0.285 e. The van der Waals surface area contributed by atoms with Gasteiger partial charge in [-0.05, 0) is 6.92 Å². The molecule has 0 saturated heterocycles. The minimum atomic E-state index is -3.53. The van der Waals surface area contributed by atoms with E-state index >= 15 is 0 Å². The van der Waals surface area contributed by atoms with E-state index < -0.39 is 15.3 Å². The van der Waals surface area contributed by atoms with Crippen molar-refractivity contribution < 1.29 is 8.42 Å². The van der Waals surface area contributed by atoms with Crippen molar-refractivity contribution in [3.8, 4) is 6.07 Å². The van der Waals surface area contributed by atoms with Gasteiger partial charge in [-0.3, -0.25) is 5.10 Å². The third-order valence-electron chi connectivity index (χ3n) is 2.02. The van der Waals surface area contributed by atoms with Gasteiger partial charge in [0.25, 0.3) is 0 Å². The van der Waals surface area contributed by atoms with Crippen molar-refractivity contribution in [1.82, 2.24) is 14.5 Å². The smallest absolute Gasteiger partial charge is 0.230 e. The maximum absolute atomic E-state index is 11.7. The van der Waals surface area contributed by atoms with Crippen LogP contribution in [0.1, 0.15) is 12.5 Å². The number of H-pyrrole nitrogens is 1. The standard InChI is InChI=1S/C8H12N4O2S/c1-7(3-9)15(13,14)12(2)6-8-4-10-11-5-8/h4-5,7H,6H2,1-2H3,(H,10,11). The summed E-state index contributed by atoms with van der Waals surface area (Å²) in [5, 5.41) is 13.8. The van der Waals surface area contributed by atoms with E-state index in [1.807, 2.05) is 0 Å². The van der Waals surface area contributed by atoms with Gasteiger partial charge in [-0.1, -0.05) is 0 Å². The second-order valence-corrected chi connectivity index (χ2v) is 5.54. The van der Waals surface area contributed by atoms with Gasteiger partial charge < -0.3 is 0 Å². The van der Waals surface area contributed by atoms with Gasteiger partial charge in [0.2, 0.25) is 10.0 Å². The van der Waals surface area contributed by atoms with Crippen LogP contribution in [0.2, 0.25) is 0 Å². The molecular formula is C8H12N4O2S. The van der Waals surface area contributed by atoms with Gasteiger partial charge in [0.1, 0.15) is 0 Å². The molecule has 0 aromatic carbocycles. The summed E-state index contributed by atoms with van der Waals surface area (Å²) in [7, 11) is -2.09. The molecule has 7 heteroatoms. The zero-order valence-corrected chi connectivity index (χ0v) is 9.32. The summed E-state index contributed by atoms with van der Waals surface area (Å²) in [5.41, 5.74) is 0.756. The Bertz CT molecular complexity index is 445. The summed E-state index contributed by atoms with van der Waals surface area (Å²) >= 11 is 0. The van der Waals surface area contributed by atoms with Gasteiger partial charge in [-0.2, -0.15) is 14.7 Å². The first-order valence-corrected chi connectivity index (χ1v) is 5.81. The van der Waals surface area contributed by atoms with E-state index in [2.05, 4.69) is 10.2 Å². The molecule has 0 radical (unpaired) electrons. The number of aromatic amines is 1. The van der Waals surface area contributed by atoms with Crippen LogP contribution in [0.25, 0.3) is 0 Å². The van der Waals surface area contributed by atoms with Crippen LogP contribution >= 0.6 is 0 Å². The van der Waals surface area contributed by atoms with Crippen LogP contribution in [0.3, 0.4) is 0 Å². The van der Waals surface area contributed by atoms with Crippen molar-refractivity contribution in [2.24, 2.45) is 0 Å². The number of nitriles is 1. The molecule has 0 aliphatic rings. The van der Waals surface area contributed by atoms with E-state index in [1.165, 1.54) is 14.0 Å². The third-order valence-corrected chi connectivity index (χ3v) is 4.02. The van der Waals surface area contributed by atoms with Crippen LogP contribution in [0.4, 0.5) is 0 Å². The second-order valence-electron chi connectivity index (χ2n) is 3.18. The fraction of sp³-hybridized carbons (Fsp3) is 0.500. The van der Waals surface area contributed by atoms with E-state index in [0.717, 1.165) is 9.87 Å². The summed E-state index contributed by atoms with van der Waals surface area (Å²) in [5.74, 6) is 0. The minimum Gasteiger partial charge on any atom is -0.285 e. The molecule has 0 aliphatic carbocycles. The van der Waals surface area contributed by atoms with Crippen molar-refractivity contribution in [2.45, 2.75) is 18.7 Å². The molecule has 0 aliphatic heterocycles. The minimum absolute atomic E-state index is 0.213. The van der Waals surface area contributed by atoms with Crippen LogP contribution in [-0.2, 0) is 16.6 Å². The summed E-state index contributed by atoms with van der Waals surface area (Å²) in [4.78, 5) is 0. The molecular weight excluding hydrogens is 216 g/mol. The van der Waals surface area contributed by atoms with E-state index in [0.29, 0.717) is 0 Å². The number of rotatable bonds is 4. The molecule has 0 fully saturated rings. The molecule has 15 heavy (non-hydrogen) atoms. The van der Waals surface area contributed by atoms with Crippen molar-refractivity contribution in [3.05, 3.63) is 18.0 Å². The monoisotopic (exact) mass is 228 g/mol. The number of aromatic nitrogens is 2. The zero-order valence-electron chi connectivity index (χ0n) is 8.51. The average molecular weight is 228 g/mol.